The number of nitrogens with one attached hydrogen (secondary N) is 1. The first-order valence-electron chi connectivity index (χ1n) is 6.80. The summed E-state index contributed by atoms with van der Waals surface area (Å²) in [5, 5.41) is 3.32. The van der Waals surface area contributed by atoms with Crippen molar-refractivity contribution in [1.82, 2.24) is 5.32 Å². The van der Waals surface area contributed by atoms with Crippen LogP contribution in [-0.2, 0) is 11.3 Å². The van der Waals surface area contributed by atoms with Crippen LogP contribution in [0.4, 0.5) is 0 Å². The molecule has 1 aromatic rings. The summed E-state index contributed by atoms with van der Waals surface area (Å²) in [6.07, 6.45) is 2.06. The highest BCUT2D eigenvalue weighted by Crippen LogP contribution is 2.24. The van der Waals surface area contributed by atoms with Gasteiger partial charge in [0.1, 0.15) is 18.1 Å². The van der Waals surface area contributed by atoms with Crippen LogP contribution < -0.4 is 14.8 Å². The van der Waals surface area contributed by atoms with Crippen molar-refractivity contribution in [3.8, 4) is 11.5 Å². The lowest BCUT2D eigenvalue weighted by Gasteiger charge is -2.13. The van der Waals surface area contributed by atoms with Crippen LogP contribution in [-0.4, -0.2) is 34.0 Å². The van der Waals surface area contributed by atoms with Gasteiger partial charge in [-0.1, -0.05) is 5.57 Å². The van der Waals surface area contributed by atoms with Crippen molar-refractivity contribution in [2.45, 2.75) is 20.4 Å². The highest BCUT2D eigenvalue weighted by atomic mass is 16.5. The van der Waals surface area contributed by atoms with Crippen molar-refractivity contribution in [3.63, 3.8) is 0 Å². The van der Waals surface area contributed by atoms with Crippen LogP contribution in [0, 0.1) is 0 Å². The fourth-order valence-corrected chi connectivity index (χ4v) is 1.66. The molecule has 0 heterocycles. The molecule has 0 aliphatic carbocycles. The first-order valence-corrected chi connectivity index (χ1v) is 6.80. The summed E-state index contributed by atoms with van der Waals surface area (Å²) in [7, 11) is 3.36. The lowest BCUT2D eigenvalue weighted by Crippen LogP contribution is -2.19. The van der Waals surface area contributed by atoms with Gasteiger partial charge in [0.05, 0.1) is 13.7 Å². The third kappa shape index (κ3) is 6.08. The largest absolute Gasteiger partial charge is 0.497 e. The quantitative estimate of drug-likeness (QED) is 0.557. The van der Waals surface area contributed by atoms with Crippen LogP contribution in [0.5, 0.6) is 11.5 Å². The number of hydrogen-bond acceptors (Lipinski definition) is 4. The van der Waals surface area contributed by atoms with Crippen molar-refractivity contribution in [2.24, 2.45) is 0 Å². The van der Waals surface area contributed by atoms with Crippen LogP contribution in [0.25, 0.3) is 0 Å². The Bertz CT molecular complexity index is 426. The van der Waals surface area contributed by atoms with Gasteiger partial charge < -0.3 is 19.5 Å². The van der Waals surface area contributed by atoms with Gasteiger partial charge in [0.2, 0.25) is 0 Å². The minimum atomic E-state index is 0.583. The van der Waals surface area contributed by atoms with Gasteiger partial charge in [-0.15, -0.1) is 0 Å². The fraction of sp³-hybridized carbons (Fsp3) is 0.500. The molecule has 0 spiro atoms. The first kappa shape index (κ1) is 16.5. The third-order valence-electron chi connectivity index (χ3n) is 2.80. The van der Waals surface area contributed by atoms with Crippen LogP contribution >= 0.6 is 0 Å². The predicted octanol–water partition coefficient (Wildman–Crippen LogP) is 2.78. The molecule has 4 heteroatoms. The number of hydrogen-bond donors (Lipinski definition) is 1. The summed E-state index contributed by atoms with van der Waals surface area (Å²) in [6, 6.07) is 5.86. The first-order chi connectivity index (χ1) is 9.67. The summed E-state index contributed by atoms with van der Waals surface area (Å²) >= 11 is 0. The highest BCUT2D eigenvalue weighted by molar-refractivity contribution is 5.40. The number of ether oxygens (including phenoxy) is 3. The molecule has 0 saturated carbocycles. The molecule has 0 bridgehead atoms. The smallest absolute Gasteiger partial charge is 0.124 e. The molecule has 20 heavy (non-hydrogen) atoms. The van der Waals surface area contributed by atoms with E-state index >= 15 is 0 Å². The number of benzene rings is 1. The van der Waals surface area contributed by atoms with Crippen LogP contribution in [0.1, 0.15) is 19.4 Å². The Morgan fingerprint density at radius 3 is 2.70 bits per heavy atom. The zero-order chi connectivity index (χ0) is 14.8. The number of rotatable bonds is 9. The molecule has 0 radical (unpaired) electrons. The molecule has 0 unspecified atom stereocenters. The Morgan fingerprint density at radius 2 is 2.05 bits per heavy atom. The van der Waals surface area contributed by atoms with Gasteiger partial charge in [-0.05, 0) is 38.1 Å². The molecule has 0 aromatic heterocycles. The molecule has 0 aliphatic rings. The standard InChI is InChI=1S/C16H25NO3/c1-13(2)7-9-20-16-6-5-15(19-4)11-14(16)12-17-8-10-18-3/h5-7,11,17H,8-10,12H2,1-4H3. The van der Waals surface area contributed by atoms with Gasteiger partial charge in [-0.2, -0.15) is 0 Å². The molecule has 0 aliphatic heterocycles. The average Bonchev–Trinajstić information content (AvgIpc) is 2.44. The summed E-state index contributed by atoms with van der Waals surface area (Å²) in [6.45, 7) is 6.93. The summed E-state index contributed by atoms with van der Waals surface area (Å²) < 4.78 is 16.1. The molecule has 112 valence electrons. The molecule has 0 saturated heterocycles. The van der Waals surface area contributed by atoms with Gasteiger partial charge >= 0.3 is 0 Å². The molecular weight excluding hydrogens is 254 g/mol. The van der Waals surface area contributed by atoms with E-state index in [9.17, 15) is 0 Å². The van der Waals surface area contributed by atoms with E-state index in [0.29, 0.717) is 13.2 Å². The van der Waals surface area contributed by atoms with Crippen molar-refractivity contribution >= 4 is 0 Å². The fourth-order valence-electron chi connectivity index (χ4n) is 1.66. The molecular formula is C16H25NO3. The topological polar surface area (TPSA) is 39.7 Å². The summed E-state index contributed by atoms with van der Waals surface area (Å²) in [5.74, 6) is 1.72. The van der Waals surface area contributed by atoms with Crippen LogP contribution in [0.3, 0.4) is 0 Å². The second kappa shape index (κ2) is 9.39. The molecule has 0 amide bonds. The minimum absolute atomic E-state index is 0.583. The van der Waals surface area contributed by atoms with E-state index < -0.39 is 0 Å². The van der Waals surface area contributed by atoms with Crippen molar-refractivity contribution in [2.75, 3.05) is 34.0 Å². The Balaban J connectivity index is 2.67. The van der Waals surface area contributed by atoms with E-state index in [1.54, 1.807) is 14.2 Å². The third-order valence-corrected chi connectivity index (χ3v) is 2.80. The van der Waals surface area contributed by atoms with Gasteiger partial charge in [-0.3, -0.25) is 0 Å². The maximum Gasteiger partial charge on any atom is 0.124 e. The minimum Gasteiger partial charge on any atom is -0.497 e. The van der Waals surface area contributed by atoms with Gasteiger partial charge in [0, 0.05) is 25.8 Å². The Hall–Kier alpha value is -1.52. The molecule has 1 aromatic carbocycles. The zero-order valence-corrected chi connectivity index (χ0v) is 12.9. The van der Waals surface area contributed by atoms with E-state index in [2.05, 4.69) is 25.2 Å². The second-order valence-electron chi connectivity index (χ2n) is 4.74. The molecule has 0 atom stereocenters. The number of methoxy groups -OCH3 is 2. The zero-order valence-electron chi connectivity index (χ0n) is 12.9. The van der Waals surface area contributed by atoms with E-state index in [4.69, 9.17) is 14.2 Å². The molecule has 1 N–H and O–H groups in total. The predicted molar refractivity (Wildman–Crippen MR) is 81.5 cm³/mol. The highest BCUT2D eigenvalue weighted by Gasteiger charge is 2.05. The van der Waals surface area contributed by atoms with Gasteiger partial charge in [-0.25, -0.2) is 0 Å². The maximum absolute atomic E-state index is 5.80. The van der Waals surface area contributed by atoms with E-state index in [-0.39, 0.29) is 0 Å². The van der Waals surface area contributed by atoms with E-state index in [0.717, 1.165) is 30.2 Å². The molecule has 0 fully saturated rings. The Kier molecular flexibility index (Phi) is 7.77. The molecule has 4 nitrogen and oxygen atoms in total. The maximum atomic E-state index is 5.80. The lowest BCUT2D eigenvalue weighted by atomic mass is 10.2. The van der Waals surface area contributed by atoms with Crippen LogP contribution in [0.2, 0.25) is 0 Å². The summed E-state index contributed by atoms with van der Waals surface area (Å²) in [4.78, 5) is 0. The monoisotopic (exact) mass is 279 g/mol. The lowest BCUT2D eigenvalue weighted by molar-refractivity contribution is 0.199. The average molecular weight is 279 g/mol. The van der Waals surface area contributed by atoms with Gasteiger partial charge in [0.25, 0.3) is 0 Å². The molecule has 1 rings (SSSR count). The summed E-state index contributed by atoms with van der Waals surface area (Å²) in [5.41, 5.74) is 2.33. The second-order valence-corrected chi connectivity index (χ2v) is 4.74. The van der Waals surface area contributed by atoms with Gasteiger partial charge in [0.15, 0.2) is 0 Å². The SMILES string of the molecule is COCCNCc1cc(OC)ccc1OCC=C(C)C. The van der Waals surface area contributed by atoms with Crippen molar-refractivity contribution in [3.05, 3.63) is 35.4 Å². The van der Waals surface area contributed by atoms with Crippen LogP contribution in [0.15, 0.2) is 29.8 Å². The van der Waals surface area contributed by atoms with Crippen molar-refractivity contribution in [1.29, 1.82) is 0 Å². The van der Waals surface area contributed by atoms with E-state index in [1.165, 1.54) is 5.57 Å². The number of allylic oxidation sites excluding steroid dienone is 1. The van der Waals surface area contributed by atoms with E-state index in [1.807, 2.05) is 18.2 Å². The normalized spacial score (nSPS) is 10.2. The Labute approximate surface area is 121 Å². The Morgan fingerprint density at radius 1 is 1.25 bits per heavy atom. The van der Waals surface area contributed by atoms with Crippen molar-refractivity contribution < 1.29 is 14.2 Å².